The number of nitrogens with one attached hydrogen (secondary N) is 1. The lowest BCUT2D eigenvalue weighted by Gasteiger charge is -1.96. The van der Waals surface area contributed by atoms with Gasteiger partial charge in [-0.1, -0.05) is 15.9 Å². The van der Waals surface area contributed by atoms with Gasteiger partial charge in [-0.15, -0.1) is 0 Å². The number of rotatable bonds is 2. The third kappa shape index (κ3) is 3.59. The minimum Gasteiger partial charge on any atom is -0.300 e. The zero-order chi connectivity index (χ0) is 14.7. The first-order chi connectivity index (χ1) is 10.2. The van der Waals surface area contributed by atoms with E-state index in [1.807, 2.05) is 42.5 Å². The number of thioether (sulfide) groups is 1. The van der Waals surface area contributed by atoms with Crippen LogP contribution in [0.2, 0.25) is 0 Å². The number of carbonyl (C=O) groups excluding carboxylic acids is 1. The number of carbonyl (C=O) groups is 1. The van der Waals surface area contributed by atoms with E-state index >= 15 is 0 Å². The average Bonchev–Trinajstić information content (AvgIpc) is 2.82. The molecular formula is C15H10BrN3OS. The van der Waals surface area contributed by atoms with Crippen molar-refractivity contribution in [2.75, 3.05) is 0 Å². The highest BCUT2D eigenvalue weighted by molar-refractivity contribution is 9.10. The number of pyridine rings is 1. The van der Waals surface area contributed by atoms with Crippen LogP contribution in [-0.4, -0.2) is 16.1 Å². The van der Waals surface area contributed by atoms with Crippen LogP contribution in [-0.2, 0) is 4.79 Å². The van der Waals surface area contributed by atoms with Crippen molar-refractivity contribution >= 4 is 50.5 Å². The van der Waals surface area contributed by atoms with Crippen LogP contribution in [0.15, 0.2) is 63.2 Å². The van der Waals surface area contributed by atoms with Crippen molar-refractivity contribution in [2.45, 2.75) is 0 Å². The van der Waals surface area contributed by atoms with Crippen LogP contribution in [0, 0.1) is 0 Å². The first-order valence-electron chi connectivity index (χ1n) is 6.16. The summed E-state index contributed by atoms with van der Waals surface area (Å²) in [6, 6.07) is 11.3. The minimum atomic E-state index is -0.132. The average molecular weight is 360 g/mol. The van der Waals surface area contributed by atoms with Gasteiger partial charge < -0.3 is 5.32 Å². The molecule has 2 heterocycles. The third-order valence-corrected chi connectivity index (χ3v) is 4.15. The van der Waals surface area contributed by atoms with Gasteiger partial charge in [-0.2, -0.15) is 0 Å². The van der Waals surface area contributed by atoms with Crippen molar-refractivity contribution in [1.29, 1.82) is 0 Å². The number of aliphatic imine (C=N–C) groups is 1. The fourth-order valence-corrected chi connectivity index (χ4v) is 2.83. The van der Waals surface area contributed by atoms with Crippen molar-refractivity contribution in [3.8, 4) is 0 Å². The van der Waals surface area contributed by atoms with E-state index in [4.69, 9.17) is 0 Å². The van der Waals surface area contributed by atoms with Crippen molar-refractivity contribution in [3.63, 3.8) is 0 Å². The molecule has 0 unspecified atom stereocenters. The Labute approximate surface area is 134 Å². The molecule has 0 bridgehead atoms. The summed E-state index contributed by atoms with van der Waals surface area (Å²) in [6.07, 6.45) is 5.22. The molecule has 3 rings (SSSR count). The molecule has 0 saturated carbocycles. The normalized spacial score (nSPS) is 18.2. The summed E-state index contributed by atoms with van der Waals surface area (Å²) < 4.78 is 0.993. The Kier molecular flexibility index (Phi) is 4.17. The summed E-state index contributed by atoms with van der Waals surface area (Å²) in [5, 5.41) is 3.35. The van der Waals surface area contributed by atoms with Crippen LogP contribution in [0.25, 0.3) is 6.08 Å². The van der Waals surface area contributed by atoms with Crippen LogP contribution < -0.4 is 5.32 Å². The van der Waals surface area contributed by atoms with Crippen LogP contribution >= 0.6 is 27.7 Å². The highest BCUT2D eigenvalue weighted by Crippen LogP contribution is 2.28. The number of nitrogens with zero attached hydrogens (tertiary/aromatic N) is 2. The lowest BCUT2D eigenvalue weighted by atomic mass is 10.2. The number of amides is 1. The van der Waals surface area contributed by atoms with Gasteiger partial charge in [0.05, 0.1) is 10.6 Å². The zero-order valence-electron chi connectivity index (χ0n) is 10.8. The summed E-state index contributed by atoms with van der Waals surface area (Å²) in [6.45, 7) is 0. The summed E-state index contributed by atoms with van der Waals surface area (Å²) in [5.74, 6) is -0.132. The molecule has 0 radical (unpaired) electrons. The van der Waals surface area contributed by atoms with Crippen molar-refractivity contribution < 1.29 is 4.79 Å². The Hall–Kier alpha value is -1.92. The molecule has 0 atom stereocenters. The predicted octanol–water partition coefficient (Wildman–Crippen LogP) is 3.74. The number of halogens is 1. The lowest BCUT2D eigenvalue weighted by Crippen LogP contribution is -2.19. The molecule has 0 spiro atoms. The maximum absolute atomic E-state index is 11.9. The fourth-order valence-electron chi connectivity index (χ4n) is 1.72. The van der Waals surface area contributed by atoms with E-state index in [2.05, 4.69) is 31.2 Å². The predicted molar refractivity (Wildman–Crippen MR) is 89.2 cm³/mol. The Morgan fingerprint density at radius 2 is 1.86 bits per heavy atom. The standard InChI is InChI=1S/C15H10BrN3OS/c16-11-1-3-12(4-2-11)18-15-19-14(20)13(21-15)9-10-5-7-17-8-6-10/h1-9H,(H,18,19,20). The van der Waals surface area contributed by atoms with E-state index in [1.165, 1.54) is 11.8 Å². The molecule has 1 aromatic carbocycles. The molecular weight excluding hydrogens is 350 g/mol. The maximum atomic E-state index is 11.9. The SMILES string of the molecule is O=C1NC(=Nc2ccc(Br)cc2)SC1=Cc1ccncc1. The smallest absolute Gasteiger partial charge is 0.264 e. The van der Waals surface area contributed by atoms with Gasteiger partial charge in [0.2, 0.25) is 0 Å². The zero-order valence-corrected chi connectivity index (χ0v) is 13.2. The summed E-state index contributed by atoms with van der Waals surface area (Å²) >= 11 is 4.71. The molecule has 0 aliphatic carbocycles. The molecule has 1 aliphatic heterocycles. The van der Waals surface area contributed by atoms with Crippen LogP contribution in [0.5, 0.6) is 0 Å². The molecule has 1 aromatic heterocycles. The van der Waals surface area contributed by atoms with E-state index in [0.29, 0.717) is 10.1 Å². The Morgan fingerprint density at radius 1 is 1.14 bits per heavy atom. The van der Waals surface area contributed by atoms with E-state index < -0.39 is 0 Å². The van der Waals surface area contributed by atoms with Gasteiger partial charge >= 0.3 is 0 Å². The molecule has 1 saturated heterocycles. The first-order valence-corrected chi connectivity index (χ1v) is 7.77. The van der Waals surface area contributed by atoms with Gasteiger partial charge in [0, 0.05) is 16.9 Å². The highest BCUT2D eigenvalue weighted by atomic mass is 79.9. The van der Waals surface area contributed by atoms with Gasteiger partial charge in [-0.3, -0.25) is 9.78 Å². The van der Waals surface area contributed by atoms with Crippen molar-refractivity contribution in [1.82, 2.24) is 10.3 Å². The number of aromatic nitrogens is 1. The molecule has 1 aliphatic rings. The molecule has 1 N–H and O–H groups in total. The molecule has 1 fully saturated rings. The van der Waals surface area contributed by atoms with E-state index in [-0.39, 0.29) is 5.91 Å². The van der Waals surface area contributed by atoms with Gasteiger partial charge in [0.1, 0.15) is 0 Å². The quantitative estimate of drug-likeness (QED) is 0.831. The molecule has 6 heteroatoms. The summed E-state index contributed by atoms with van der Waals surface area (Å²) in [7, 11) is 0. The monoisotopic (exact) mass is 359 g/mol. The second-order valence-electron chi connectivity index (χ2n) is 4.24. The second kappa shape index (κ2) is 6.24. The topological polar surface area (TPSA) is 54.4 Å². The number of hydrogen-bond acceptors (Lipinski definition) is 4. The van der Waals surface area contributed by atoms with Crippen LogP contribution in [0.1, 0.15) is 5.56 Å². The minimum absolute atomic E-state index is 0.132. The molecule has 2 aromatic rings. The number of hydrogen-bond donors (Lipinski definition) is 1. The van der Waals surface area contributed by atoms with E-state index in [0.717, 1.165) is 15.7 Å². The molecule has 1 amide bonds. The number of benzene rings is 1. The lowest BCUT2D eigenvalue weighted by molar-refractivity contribution is -0.115. The fraction of sp³-hybridized carbons (Fsp3) is 0. The Bertz CT molecular complexity index is 726. The van der Waals surface area contributed by atoms with Crippen LogP contribution in [0.4, 0.5) is 5.69 Å². The summed E-state index contributed by atoms with van der Waals surface area (Å²) in [5.41, 5.74) is 1.73. The van der Waals surface area contributed by atoms with Gasteiger partial charge in [-0.05, 0) is 59.8 Å². The largest absolute Gasteiger partial charge is 0.300 e. The van der Waals surface area contributed by atoms with Crippen molar-refractivity contribution in [2.24, 2.45) is 4.99 Å². The molecule has 21 heavy (non-hydrogen) atoms. The van der Waals surface area contributed by atoms with Crippen LogP contribution in [0.3, 0.4) is 0 Å². The summed E-state index contributed by atoms with van der Waals surface area (Å²) in [4.78, 5) is 20.9. The highest BCUT2D eigenvalue weighted by Gasteiger charge is 2.23. The van der Waals surface area contributed by atoms with Gasteiger partial charge in [0.15, 0.2) is 5.17 Å². The molecule has 4 nitrogen and oxygen atoms in total. The third-order valence-electron chi connectivity index (χ3n) is 2.71. The molecule has 104 valence electrons. The Balaban J connectivity index is 1.81. The van der Waals surface area contributed by atoms with E-state index in [9.17, 15) is 4.79 Å². The van der Waals surface area contributed by atoms with Crippen molar-refractivity contribution in [3.05, 3.63) is 63.7 Å². The second-order valence-corrected chi connectivity index (χ2v) is 6.19. The number of amidine groups is 1. The van der Waals surface area contributed by atoms with Gasteiger partial charge in [0.25, 0.3) is 5.91 Å². The first kappa shape index (κ1) is 14.0. The van der Waals surface area contributed by atoms with E-state index in [1.54, 1.807) is 12.4 Å². The Morgan fingerprint density at radius 3 is 2.57 bits per heavy atom. The van der Waals surface area contributed by atoms with Gasteiger partial charge in [-0.25, -0.2) is 4.99 Å². The maximum Gasteiger partial charge on any atom is 0.264 e.